The van der Waals surface area contributed by atoms with E-state index < -0.39 is 30.1 Å². The Hall–Kier alpha value is -2.03. The first-order valence-corrected chi connectivity index (χ1v) is 10.3. The van der Waals surface area contributed by atoms with Gasteiger partial charge in [0.15, 0.2) is 18.5 Å². The first-order valence-electron chi connectivity index (χ1n) is 9.44. The number of ether oxygens (including phenoxy) is 4. The number of aromatic nitrogens is 1. The van der Waals surface area contributed by atoms with Gasteiger partial charge in [0.25, 0.3) is 0 Å². The monoisotopic (exact) mass is 407 g/mol. The normalized spacial score (nSPS) is 20.0. The molecule has 1 aromatic carbocycles. The quantitative estimate of drug-likeness (QED) is 0.489. The second-order valence-corrected chi connectivity index (χ2v) is 7.79. The summed E-state index contributed by atoms with van der Waals surface area (Å²) in [6.07, 6.45) is -0.446. The third kappa shape index (κ3) is 4.51. The summed E-state index contributed by atoms with van der Waals surface area (Å²) in [6, 6.07) is 5.79. The first kappa shape index (κ1) is 20.7. The van der Waals surface area contributed by atoms with E-state index in [4.69, 9.17) is 18.9 Å². The summed E-state index contributed by atoms with van der Waals surface area (Å²) in [5.74, 6) is -2.82. The lowest BCUT2D eigenvalue weighted by Crippen LogP contribution is -2.42. The summed E-state index contributed by atoms with van der Waals surface area (Å²) in [6.45, 7) is 7.51. The highest BCUT2D eigenvalue weighted by molar-refractivity contribution is 7.18. The van der Waals surface area contributed by atoms with E-state index in [0.29, 0.717) is 6.42 Å². The van der Waals surface area contributed by atoms with Crippen LogP contribution in [0.15, 0.2) is 18.2 Å². The van der Waals surface area contributed by atoms with Crippen molar-refractivity contribution in [3.05, 3.63) is 28.8 Å². The first-order chi connectivity index (χ1) is 13.4. The molecule has 0 amide bonds. The molecule has 1 aromatic heterocycles. The van der Waals surface area contributed by atoms with Gasteiger partial charge >= 0.3 is 11.9 Å². The van der Waals surface area contributed by atoms with Gasteiger partial charge in [-0.3, -0.25) is 9.59 Å². The Labute approximate surface area is 167 Å². The molecule has 8 heteroatoms. The fraction of sp³-hybridized carbons (Fsp3) is 0.550. The molecule has 2 aromatic rings. The number of hydrogen-bond acceptors (Lipinski definition) is 8. The van der Waals surface area contributed by atoms with Crippen molar-refractivity contribution in [1.82, 2.24) is 4.98 Å². The molecule has 7 nitrogen and oxygen atoms in total. The van der Waals surface area contributed by atoms with Gasteiger partial charge in [0.2, 0.25) is 0 Å². The highest BCUT2D eigenvalue weighted by Gasteiger charge is 2.42. The molecule has 0 saturated carbocycles. The molecule has 1 aliphatic rings. The van der Waals surface area contributed by atoms with Gasteiger partial charge in [0, 0.05) is 12.3 Å². The Morgan fingerprint density at radius 3 is 2.39 bits per heavy atom. The minimum Gasteiger partial charge on any atom is -0.465 e. The van der Waals surface area contributed by atoms with E-state index >= 15 is 0 Å². The largest absolute Gasteiger partial charge is 0.465 e. The molecule has 28 heavy (non-hydrogen) atoms. The Morgan fingerprint density at radius 2 is 1.82 bits per heavy atom. The molecule has 0 aliphatic carbocycles. The highest BCUT2D eigenvalue weighted by Crippen LogP contribution is 2.37. The third-order valence-corrected chi connectivity index (χ3v) is 5.52. The van der Waals surface area contributed by atoms with Gasteiger partial charge in [-0.15, -0.1) is 11.3 Å². The third-order valence-electron chi connectivity index (χ3n) is 4.56. The van der Waals surface area contributed by atoms with Crippen molar-refractivity contribution in [3.63, 3.8) is 0 Å². The Morgan fingerprint density at radius 1 is 1.18 bits per heavy atom. The number of thiazole rings is 1. The summed E-state index contributed by atoms with van der Waals surface area (Å²) in [4.78, 5) is 29.9. The smallest absolute Gasteiger partial charge is 0.320 e. The van der Waals surface area contributed by atoms with E-state index in [0.717, 1.165) is 20.8 Å². The number of aryl methyl sites for hydroxylation is 1. The summed E-state index contributed by atoms with van der Waals surface area (Å²) in [5, 5.41) is 0.954. The van der Waals surface area contributed by atoms with E-state index in [2.05, 4.69) is 4.98 Å². The number of benzene rings is 1. The van der Waals surface area contributed by atoms with Crippen LogP contribution in [0.1, 0.15) is 43.7 Å². The molecule has 0 radical (unpaired) electrons. The van der Waals surface area contributed by atoms with Crippen LogP contribution in [-0.2, 0) is 28.5 Å². The topological polar surface area (TPSA) is 84.0 Å². The van der Waals surface area contributed by atoms with Crippen molar-refractivity contribution in [3.8, 4) is 0 Å². The molecule has 152 valence electrons. The summed E-state index contributed by atoms with van der Waals surface area (Å²) in [5.41, 5.74) is 1.64. The minimum absolute atomic E-state index is 0.180. The Kier molecular flexibility index (Phi) is 6.64. The maximum Gasteiger partial charge on any atom is 0.320 e. The van der Waals surface area contributed by atoms with Crippen molar-refractivity contribution in [2.75, 3.05) is 13.2 Å². The van der Waals surface area contributed by atoms with Gasteiger partial charge in [-0.25, -0.2) is 4.98 Å². The van der Waals surface area contributed by atoms with Crippen molar-refractivity contribution in [1.29, 1.82) is 0 Å². The number of carbonyl (C=O) groups is 2. The van der Waals surface area contributed by atoms with Crippen LogP contribution in [0.4, 0.5) is 0 Å². The second-order valence-electron chi connectivity index (χ2n) is 6.55. The molecule has 1 unspecified atom stereocenters. The van der Waals surface area contributed by atoms with Crippen molar-refractivity contribution in [2.45, 2.75) is 52.6 Å². The lowest BCUT2D eigenvalue weighted by molar-refractivity contribution is -0.378. The molecular weight excluding hydrogens is 382 g/mol. The fourth-order valence-electron chi connectivity index (χ4n) is 3.40. The second kappa shape index (κ2) is 8.98. The van der Waals surface area contributed by atoms with Crippen molar-refractivity contribution >= 4 is 33.5 Å². The zero-order valence-corrected chi connectivity index (χ0v) is 17.3. The van der Waals surface area contributed by atoms with Crippen LogP contribution < -0.4 is 0 Å². The van der Waals surface area contributed by atoms with Crippen molar-refractivity contribution < 1.29 is 28.5 Å². The van der Waals surface area contributed by atoms with Crippen LogP contribution in [0.2, 0.25) is 0 Å². The van der Waals surface area contributed by atoms with Gasteiger partial charge < -0.3 is 18.9 Å². The summed E-state index contributed by atoms with van der Waals surface area (Å²) in [7, 11) is 0. The predicted octanol–water partition coefficient (Wildman–Crippen LogP) is 3.54. The maximum atomic E-state index is 12.7. The van der Waals surface area contributed by atoms with E-state index in [1.807, 2.05) is 25.1 Å². The molecule has 1 saturated heterocycles. The summed E-state index contributed by atoms with van der Waals surface area (Å²) < 4.78 is 22.6. The molecular formula is C20H25NO6S. The molecule has 1 fully saturated rings. The van der Waals surface area contributed by atoms with Gasteiger partial charge in [0.1, 0.15) is 0 Å². The number of carbonyl (C=O) groups excluding carboxylic acids is 2. The molecule has 3 rings (SSSR count). The van der Waals surface area contributed by atoms with E-state index in [1.165, 1.54) is 0 Å². The van der Waals surface area contributed by atoms with Crippen LogP contribution >= 0.6 is 11.3 Å². The average Bonchev–Trinajstić information content (AvgIpc) is 2.99. The molecule has 0 spiro atoms. The number of rotatable bonds is 8. The zero-order valence-electron chi connectivity index (χ0n) is 16.5. The van der Waals surface area contributed by atoms with Gasteiger partial charge in [-0.05, 0) is 45.4 Å². The molecule has 0 N–H and O–H groups in total. The number of fused-ring (bicyclic) bond motifs is 1. The maximum absolute atomic E-state index is 12.7. The van der Waals surface area contributed by atoms with E-state index in [1.54, 1.807) is 32.1 Å². The van der Waals surface area contributed by atoms with Crippen molar-refractivity contribution in [2.24, 2.45) is 5.92 Å². The van der Waals surface area contributed by atoms with Crippen LogP contribution in [0, 0.1) is 12.8 Å². The van der Waals surface area contributed by atoms with Crippen LogP contribution in [0.3, 0.4) is 0 Å². The van der Waals surface area contributed by atoms with Crippen LogP contribution in [-0.4, -0.2) is 42.7 Å². The lowest BCUT2D eigenvalue weighted by atomic mass is 9.82. The number of nitrogens with zero attached hydrogens (tertiary/aromatic N) is 1. The Bertz CT molecular complexity index is 826. The average molecular weight is 407 g/mol. The van der Waals surface area contributed by atoms with Gasteiger partial charge in [-0.2, -0.15) is 0 Å². The van der Waals surface area contributed by atoms with Gasteiger partial charge in [0.05, 0.1) is 28.4 Å². The van der Waals surface area contributed by atoms with Crippen LogP contribution in [0.25, 0.3) is 10.2 Å². The molecule has 0 bridgehead atoms. The minimum atomic E-state index is -1.10. The van der Waals surface area contributed by atoms with Gasteiger partial charge in [-0.1, -0.05) is 6.07 Å². The van der Waals surface area contributed by atoms with E-state index in [9.17, 15) is 9.59 Å². The number of esters is 2. The Balaban J connectivity index is 1.98. The predicted molar refractivity (Wildman–Crippen MR) is 104 cm³/mol. The zero-order chi connectivity index (χ0) is 20.3. The standard InChI is InChI=1S/C20H25NO6S/c1-5-24-19(22)18(20(23)25-6-2)14(10-17-26-12(4)27-17)13-7-8-16-15(9-13)21-11(3)28-16/h7-9,12,14,17-18H,5-6,10H2,1-4H3. The highest BCUT2D eigenvalue weighted by atomic mass is 32.1. The molecule has 1 aliphatic heterocycles. The molecule has 1 atom stereocenters. The van der Waals surface area contributed by atoms with E-state index in [-0.39, 0.29) is 19.5 Å². The number of hydrogen-bond donors (Lipinski definition) is 0. The fourth-order valence-corrected chi connectivity index (χ4v) is 4.21. The molecule has 2 heterocycles. The van der Waals surface area contributed by atoms with Crippen LogP contribution in [0.5, 0.6) is 0 Å². The summed E-state index contributed by atoms with van der Waals surface area (Å²) >= 11 is 1.60. The SMILES string of the molecule is CCOC(=O)C(C(=O)OCC)C(CC1OC(C)O1)c1ccc2sc(C)nc2c1. The lowest BCUT2D eigenvalue weighted by Gasteiger charge is -2.37.